The van der Waals surface area contributed by atoms with Crippen LogP contribution in [0.4, 0.5) is 5.82 Å². The first-order chi connectivity index (χ1) is 16.7. The highest BCUT2D eigenvalue weighted by molar-refractivity contribution is 5.85. The summed E-state index contributed by atoms with van der Waals surface area (Å²) in [6.45, 7) is 5.17. The number of fused-ring (bicyclic) bond motifs is 1. The number of pyridine rings is 1. The van der Waals surface area contributed by atoms with Crippen molar-refractivity contribution in [3.05, 3.63) is 53.9 Å². The number of hydrogen-bond donors (Lipinski definition) is 1. The largest absolute Gasteiger partial charge is 0.455 e. The second-order valence-electron chi connectivity index (χ2n) is 9.19. The summed E-state index contributed by atoms with van der Waals surface area (Å²) in [6.07, 6.45) is 6.33. The van der Waals surface area contributed by atoms with Crippen molar-refractivity contribution in [1.82, 2.24) is 30.0 Å². The Morgan fingerprint density at radius 3 is 2.62 bits per heavy atom. The maximum absolute atomic E-state index is 6.44. The van der Waals surface area contributed by atoms with Gasteiger partial charge in [-0.1, -0.05) is 0 Å². The van der Waals surface area contributed by atoms with Crippen molar-refractivity contribution < 1.29 is 9.15 Å². The number of piperidine rings is 1. The van der Waals surface area contributed by atoms with Gasteiger partial charge in [0, 0.05) is 55.1 Å². The number of nitrogens with zero attached hydrogens (tertiary/aromatic N) is 6. The number of H-pyrrole nitrogens is 1. The van der Waals surface area contributed by atoms with Crippen molar-refractivity contribution >= 4 is 16.9 Å². The molecular weight excluding hydrogens is 430 g/mol. The molecule has 2 aliphatic heterocycles. The Morgan fingerprint density at radius 2 is 1.82 bits per heavy atom. The van der Waals surface area contributed by atoms with E-state index in [9.17, 15) is 0 Å². The minimum Gasteiger partial charge on any atom is -0.455 e. The number of anilines is 1. The summed E-state index contributed by atoms with van der Waals surface area (Å²) < 4.78 is 12.0. The van der Waals surface area contributed by atoms with Gasteiger partial charge in [-0.25, -0.2) is 9.97 Å². The number of aromatic nitrogens is 5. The summed E-state index contributed by atoms with van der Waals surface area (Å²) in [4.78, 5) is 18.6. The van der Waals surface area contributed by atoms with Crippen molar-refractivity contribution in [3.8, 4) is 11.3 Å². The average Bonchev–Trinajstić information content (AvgIpc) is 3.52. The molecule has 0 bridgehead atoms. The SMILES string of the molecule is CN1CCC(c2cc3nc(Cc4cc(-c5ccncc5)n[nH]4)nc(N4CCOCC4)c3o2)CC1. The predicted molar refractivity (Wildman–Crippen MR) is 129 cm³/mol. The Kier molecular flexibility index (Phi) is 5.72. The summed E-state index contributed by atoms with van der Waals surface area (Å²) in [7, 11) is 2.18. The normalized spacial score (nSPS) is 18.1. The van der Waals surface area contributed by atoms with Crippen LogP contribution in [-0.2, 0) is 11.2 Å². The number of furan rings is 1. The number of morpholine rings is 1. The van der Waals surface area contributed by atoms with E-state index < -0.39 is 0 Å². The molecule has 6 heterocycles. The fourth-order valence-electron chi connectivity index (χ4n) is 4.84. The minimum atomic E-state index is 0.432. The average molecular weight is 460 g/mol. The summed E-state index contributed by atoms with van der Waals surface area (Å²) >= 11 is 0. The quantitative estimate of drug-likeness (QED) is 0.486. The lowest BCUT2D eigenvalue weighted by Crippen LogP contribution is -2.37. The summed E-state index contributed by atoms with van der Waals surface area (Å²) in [5.41, 5.74) is 4.56. The molecule has 0 saturated carbocycles. The van der Waals surface area contributed by atoms with Gasteiger partial charge in [0.2, 0.25) is 0 Å². The predicted octanol–water partition coefficient (Wildman–Crippen LogP) is 3.24. The first-order valence-electron chi connectivity index (χ1n) is 12.0. The van der Waals surface area contributed by atoms with Crippen LogP contribution in [0.15, 0.2) is 41.1 Å². The van der Waals surface area contributed by atoms with Crippen LogP contribution < -0.4 is 4.90 Å². The molecule has 2 saturated heterocycles. The summed E-state index contributed by atoms with van der Waals surface area (Å²) in [5, 5.41) is 7.62. The highest BCUT2D eigenvalue weighted by atomic mass is 16.5. The molecule has 6 rings (SSSR count). The third kappa shape index (κ3) is 4.28. The van der Waals surface area contributed by atoms with Gasteiger partial charge in [-0.2, -0.15) is 5.10 Å². The van der Waals surface area contributed by atoms with Crippen LogP contribution in [-0.4, -0.2) is 76.5 Å². The first kappa shape index (κ1) is 21.2. The number of rotatable bonds is 5. The topological polar surface area (TPSA) is 96.2 Å². The Hall–Kier alpha value is -3.30. The lowest BCUT2D eigenvalue weighted by molar-refractivity contribution is 0.122. The first-order valence-corrected chi connectivity index (χ1v) is 12.0. The summed E-state index contributed by atoms with van der Waals surface area (Å²) in [5.74, 6) is 3.10. The van der Waals surface area contributed by atoms with E-state index in [2.05, 4.69) is 44.2 Å². The van der Waals surface area contributed by atoms with Crippen LogP contribution >= 0.6 is 0 Å². The van der Waals surface area contributed by atoms with E-state index in [0.29, 0.717) is 25.6 Å². The second kappa shape index (κ2) is 9.15. The maximum atomic E-state index is 6.44. The fourth-order valence-corrected chi connectivity index (χ4v) is 4.84. The number of aromatic amines is 1. The van der Waals surface area contributed by atoms with Gasteiger partial charge in [-0.15, -0.1) is 0 Å². The van der Waals surface area contributed by atoms with Gasteiger partial charge in [-0.3, -0.25) is 10.1 Å². The Morgan fingerprint density at radius 1 is 1.03 bits per heavy atom. The third-order valence-corrected chi connectivity index (χ3v) is 6.81. The van der Waals surface area contributed by atoms with E-state index in [4.69, 9.17) is 19.1 Å². The highest BCUT2D eigenvalue weighted by Gasteiger charge is 2.26. The van der Waals surface area contributed by atoms with Gasteiger partial charge < -0.3 is 19.0 Å². The van der Waals surface area contributed by atoms with Gasteiger partial charge in [0.15, 0.2) is 11.4 Å². The highest BCUT2D eigenvalue weighted by Crippen LogP contribution is 2.35. The number of ether oxygens (including phenoxy) is 1. The van der Waals surface area contributed by atoms with E-state index in [1.807, 2.05) is 12.1 Å². The van der Waals surface area contributed by atoms with Gasteiger partial charge in [0.05, 0.1) is 18.9 Å². The third-order valence-electron chi connectivity index (χ3n) is 6.81. The zero-order valence-corrected chi connectivity index (χ0v) is 19.4. The lowest BCUT2D eigenvalue weighted by Gasteiger charge is -2.28. The Balaban J connectivity index is 1.33. The molecule has 0 atom stereocenters. The molecule has 0 radical (unpaired) electrons. The molecule has 1 N–H and O–H groups in total. The molecule has 0 unspecified atom stereocenters. The van der Waals surface area contributed by atoms with Crippen molar-refractivity contribution in [2.75, 3.05) is 51.3 Å². The van der Waals surface area contributed by atoms with Crippen molar-refractivity contribution in [2.45, 2.75) is 25.2 Å². The molecule has 2 fully saturated rings. The molecule has 0 amide bonds. The van der Waals surface area contributed by atoms with E-state index in [1.165, 1.54) is 0 Å². The van der Waals surface area contributed by atoms with Crippen LogP contribution in [0.25, 0.3) is 22.4 Å². The van der Waals surface area contributed by atoms with E-state index >= 15 is 0 Å². The fraction of sp³-hybridized carbons (Fsp3) is 0.440. The van der Waals surface area contributed by atoms with Crippen LogP contribution in [0.3, 0.4) is 0 Å². The molecule has 4 aromatic heterocycles. The molecule has 4 aromatic rings. The summed E-state index contributed by atoms with van der Waals surface area (Å²) in [6, 6.07) is 8.09. The molecule has 9 heteroatoms. The number of hydrogen-bond acceptors (Lipinski definition) is 8. The zero-order valence-electron chi connectivity index (χ0n) is 19.4. The van der Waals surface area contributed by atoms with Crippen molar-refractivity contribution in [2.24, 2.45) is 0 Å². The van der Waals surface area contributed by atoms with Crippen molar-refractivity contribution in [1.29, 1.82) is 0 Å². The van der Waals surface area contributed by atoms with Crippen LogP contribution in [0, 0.1) is 0 Å². The molecule has 176 valence electrons. The van der Waals surface area contributed by atoms with Crippen LogP contribution in [0.2, 0.25) is 0 Å². The van der Waals surface area contributed by atoms with Gasteiger partial charge in [0.1, 0.15) is 17.1 Å². The van der Waals surface area contributed by atoms with Crippen LogP contribution in [0.5, 0.6) is 0 Å². The molecule has 0 spiro atoms. The van der Waals surface area contributed by atoms with E-state index in [-0.39, 0.29) is 0 Å². The van der Waals surface area contributed by atoms with E-state index in [0.717, 1.165) is 84.5 Å². The molecule has 34 heavy (non-hydrogen) atoms. The molecule has 2 aliphatic rings. The molecular formula is C25H29N7O2. The zero-order chi connectivity index (χ0) is 22.9. The number of nitrogens with one attached hydrogen (secondary N) is 1. The van der Waals surface area contributed by atoms with Gasteiger partial charge in [-0.05, 0) is 51.2 Å². The van der Waals surface area contributed by atoms with Crippen molar-refractivity contribution in [3.63, 3.8) is 0 Å². The van der Waals surface area contributed by atoms with Gasteiger partial charge >= 0.3 is 0 Å². The second-order valence-corrected chi connectivity index (χ2v) is 9.19. The maximum Gasteiger partial charge on any atom is 0.195 e. The Labute approximate surface area is 198 Å². The lowest BCUT2D eigenvalue weighted by atomic mass is 9.95. The Bertz CT molecular complexity index is 1260. The molecule has 0 aromatic carbocycles. The smallest absolute Gasteiger partial charge is 0.195 e. The van der Waals surface area contributed by atoms with E-state index in [1.54, 1.807) is 12.4 Å². The van der Waals surface area contributed by atoms with Crippen LogP contribution in [0.1, 0.15) is 36.0 Å². The monoisotopic (exact) mass is 459 g/mol. The molecule has 9 nitrogen and oxygen atoms in total. The number of likely N-dealkylation sites (tertiary alicyclic amines) is 1. The standard InChI is InChI=1S/C25H29N7O2/c1-31-8-4-18(5-9-31)22-16-21-24(34-22)25(32-10-12-33-13-11-32)28-23(27-21)15-19-14-20(30-29-19)17-2-6-26-7-3-17/h2-3,6-7,14,16,18H,4-5,8-13,15H2,1H3,(H,29,30). The molecule has 0 aliphatic carbocycles. The minimum absolute atomic E-state index is 0.432. The van der Waals surface area contributed by atoms with Gasteiger partial charge in [0.25, 0.3) is 0 Å².